The zero-order valence-electron chi connectivity index (χ0n) is 19.8. The summed E-state index contributed by atoms with van der Waals surface area (Å²) in [6, 6.07) is 13.2. The van der Waals surface area contributed by atoms with E-state index in [1.54, 1.807) is 14.2 Å². The average Bonchev–Trinajstić information content (AvgIpc) is 2.83. The molecule has 184 valence electrons. The Labute approximate surface area is 218 Å². The summed E-state index contributed by atoms with van der Waals surface area (Å²) >= 11 is 9.61. The fraction of sp³-hybridized carbons (Fsp3) is 0.333. The quantitative estimate of drug-likeness (QED) is 0.348. The standard InChI is InChI=1S/C27H27BrClNO5/c1-15-24(27(32)35-11-10-33-2)25(17-6-9-23(34-3)20(28)12-17)26-21(30-15)13-18(14-22(26)31)16-4-7-19(29)8-5-16/h4-9,12,18,25,30H,10-11,13-14H2,1-3H3/t18-,25+/m0/s1. The van der Waals surface area contributed by atoms with Crippen LogP contribution in [0.1, 0.15) is 42.7 Å². The van der Waals surface area contributed by atoms with Gasteiger partial charge in [0.1, 0.15) is 12.4 Å². The van der Waals surface area contributed by atoms with E-state index >= 15 is 0 Å². The summed E-state index contributed by atoms with van der Waals surface area (Å²) < 4.78 is 16.6. The Kier molecular flexibility index (Phi) is 7.99. The lowest BCUT2D eigenvalue weighted by Crippen LogP contribution is -2.36. The van der Waals surface area contributed by atoms with Gasteiger partial charge >= 0.3 is 5.97 Å². The molecule has 1 N–H and O–H groups in total. The van der Waals surface area contributed by atoms with E-state index < -0.39 is 11.9 Å². The van der Waals surface area contributed by atoms with Gasteiger partial charge in [-0.05, 0) is 70.6 Å². The van der Waals surface area contributed by atoms with E-state index in [0.717, 1.165) is 21.3 Å². The number of ketones is 1. The second kappa shape index (κ2) is 11.0. The normalized spacial score (nSPS) is 19.9. The van der Waals surface area contributed by atoms with Gasteiger partial charge in [-0.2, -0.15) is 0 Å². The maximum atomic E-state index is 13.7. The van der Waals surface area contributed by atoms with Gasteiger partial charge in [-0.15, -0.1) is 0 Å². The molecule has 2 aromatic carbocycles. The van der Waals surface area contributed by atoms with Gasteiger partial charge in [0.25, 0.3) is 0 Å². The van der Waals surface area contributed by atoms with Crippen LogP contribution in [0.15, 0.2) is 69.5 Å². The van der Waals surface area contributed by atoms with Gasteiger partial charge in [0.15, 0.2) is 5.78 Å². The second-order valence-electron chi connectivity index (χ2n) is 8.59. The Morgan fingerprint density at radius 1 is 1.09 bits per heavy atom. The van der Waals surface area contributed by atoms with Crippen molar-refractivity contribution in [3.8, 4) is 5.75 Å². The zero-order valence-corrected chi connectivity index (χ0v) is 22.2. The molecule has 0 aromatic heterocycles. The predicted octanol–water partition coefficient (Wildman–Crippen LogP) is 5.66. The Morgan fingerprint density at radius 2 is 1.80 bits per heavy atom. The number of methoxy groups -OCH3 is 2. The van der Waals surface area contributed by atoms with Gasteiger partial charge in [-0.1, -0.05) is 29.8 Å². The number of benzene rings is 2. The van der Waals surface area contributed by atoms with Crippen LogP contribution in [0.5, 0.6) is 5.75 Å². The fourth-order valence-electron chi connectivity index (χ4n) is 4.77. The maximum absolute atomic E-state index is 13.7. The molecular weight excluding hydrogens is 534 g/mol. The average molecular weight is 561 g/mol. The summed E-state index contributed by atoms with van der Waals surface area (Å²) in [6.07, 6.45) is 1.00. The fourth-order valence-corrected chi connectivity index (χ4v) is 5.46. The van der Waals surface area contributed by atoms with Gasteiger partial charge in [-0.3, -0.25) is 4.79 Å². The van der Waals surface area contributed by atoms with Crippen molar-refractivity contribution in [2.75, 3.05) is 27.4 Å². The highest BCUT2D eigenvalue weighted by atomic mass is 79.9. The smallest absolute Gasteiger partial charge is 0.336 e. The van der Waals surface area contributed by atoms with Crippen molar-refractivity contribution in [1.29, 1.82) is 0 Å². The minimum Gasteiger partial charge on any atom is -0.496 e. The van der Waals surface area contributed by atoms with Crippen LogP contribution in [0.2, 0.25) is 5.02 Å². The van der Waals surface area contributed by atoms with E-state index in [9.17, 15) is 9.59 Å². The van der Waals surface area contributed by atoms with Gasteiger partial charge in [-0.25, -0.2) is 4.79 Å². The molecule has 1 aliphatic heterocycles. The molecule has 2 aliphatic rings. The third-order valence-corrected chi connectivity index (χ3v) is 7.29. The summed E-state index contributed by atoms with van der Waals surface area (Å²) in [7, 11) is 3.14. The number of allylic oxidation sites excluding steroid dienone is 3. The van der Waals surface area contributed by atoms with Crippen molar-refractivity contribution in [1.82, 2.24) is 5.32 Å². The maximum Gasteiger partial charge on any atom is 0.336 e. The lowest BCUT2D eigenvalue weighted by atomic mass is 9.71. The van der Waals surface area contributed by atoms with Crippen LogP contribution >= 0.6 is 27.5 Å². The number of carbonyl (C=O) groups is 2. The molecule has 4 rings (SSSR count). The molecule has 2 aromatic rings. The van der Waals surface area contributed by atoms with Crippen LogP contribution in [-0.2, 0) is 19.1 Å². The Hall–Kier alpha value is -2.61. The third kappa shape index (κ3) is 5.32. The number of nitrogens with one attached hydrogen (secondary N) is 1. The van der Waals surface area contributed by atoms with Gasteiger partial charge < -0.3 is 19.5 Å². The number of Topliss-reactive ketones (excluding diaryl/α,β-unsaturated/α-hetero) is 1. The monoisotopic (exact) mass is 559 g/mol. The number of esters is 1. The summed E-state index contributed by atoms with van der Waals surface area (Å²) in [5.74, 6) is -0.326. The van der Waals surface area contributed by atoms with Gasteiger partial charge in [0.05, 0.1) is 23.8 Å². The minimum atomic E-state index is -0.554. The first kappa shape index (κ1) is 25.5. The van der Waals surface area contributed by atoms with Crippen LogP contribution in [0.4, 0.5) is 0 Å². The summed E-state index contributed by atoms with van der Waals surface area (Å²) in [5.41, 5.74) is 4.41. The Balaban J connectivity index is 1.77. The van der Waals surface area contributed by atoms with Crippen molar-refractivity contribution in [2.45, 2.75) is 31.6 Å². The third-order valence-electron chi connectivity index (χ3n) is 6.42. The van der Waals surface area contributed by atoms with Crippen LogP contribution in [0.25, 0.3) is 0 Å². The molecule has 0 fully saturated rings. The lowest BCUT2D eigenvalue weighted by Gasteiger charge is -2.36. The predicted molar refractivity (Wildman–Crippen MR) is 138 cm³/mol. The van der Waals surface area contributed by atoms with E-state index in [1.807, 2.05) is 49.4 Å². The van der Waals surface area contributed by atoms with Gasteiger partial charge in [0, 0.05) is 41.4 Å². The second-order valence-corrected chi connectivity index (χ2v) is 9.88. The van der Waals surface area contributed by atoms with E-state index in [4.69, 9.17) is 25.8 Å². The number of ether oxygens (including phenoxy) is 3. The minimum absolute atomic E-state index is 0.00494. The number of rotatable bonds is 7. The van der Waals surface area contributed by atoms with Crippen LogP contribution in [0, 0.1) is 0 Å². The van der Waals surface area contributed by atoms with Crippen molar-refractivity contribution < 1.29 is 23.8 Å². The molecule has 1 aliphatic carbocycles. The Bertz CT molecular complexity index is 1200. The molecule has 6 nitrogen and oxygen atoms in total. The first-order valence-electron chi connectivity index (χ1n) is 11.3. The first-order valence-corrected chi connectivity index (χ1v) is 12.5. The van der Waals surface area contributed by atoms with Gasteiger partial charge in [0.2, 0.25) is 0 Å². The molecule has 0 saturated heterocycles. The van der Waals surface area contributed by atoms with Crippen molar-refractivity contribution in [3.05, 3.63) is 85.6 Å². The van der Waals surface area contributed by atoms with Crippen LogP contribution in [-0.4, -0.2) is 39.2 Å². The lowest BCUT2D eigenvalue weighted by molar-refractivity contribution is -0.140. The molecular formula is C27H27BrClNO5. The number of dihydropyridines is 1. The number of carbonyl (C=O) groups excluding carboxylic acids is 2. The number of halogens is 2. The van der Waals surface area contributed by atoms with E-state index in [-0.39, 0.29) is 18.3 Å². The van der Waals surface area contributed by atoms with E-state index in [0.29, 0.717) is 47.1 Å². The molecule has 0 bridgehead atoms. The Morgan fingerprint density at radius 3 is 2.46 bits per heavy atom. The SMILES string of the molecule is COCCOC(=O)C1=C(C)NC2=C(C(=O)C[C@@H](c3ccc(Cl)cc3)C2)[C@@H]1c1ccc(OC)c(Br)c1. The van der Waals surface area contributed by atoms with Crippen LogP contribution < -0.4 is 10.1 Å². The first-order chi connectivity index (χ1) is 16.8. The van der Waals surface area contributed by atoms with E-state index in [2.05, 4.69) is 21.2 Å². The summed E-state index contributed by atoms with van der Waals surface area (Å²) in [4.78, 5) is 26.9. The summed E-state index contributed by atoms with van der Waals surface area (Å²) in [6.45, 7) is 2.27. The molecule has 0 saturated carbocycles. The van der Waals surface area contributed by atoms with Crippen molar-refractivity contribution in [2.24, 2.45) is 0 Å². The number of hydrogen-bond acceptors (Lipinski definition) is 6. The molecule has 8 heteroatoms. The molecule has 2 atom stereocenters. The van der Waals surface area contributed by atoms with Crippen molar-refractivity contribution in [3.63, 3.8) is 0 Å². The highest BCUT2D eigenvalue weighted by Crippen LogP contribution is 2.46. The zero-order chi connectivity index (χ0) is 25.1. The molecule has 0 amide bonds. The van der Waals surface area contributed by atoms with E-state index in [1.165, 1.54) is 0 Å². The molecule has 1 heterocycles. The molecule has 0 spiro atoms. The number of hydrogen-bond donors (Lipinski definition) is 1. The largest absolute Gasteiger partial charge is 0.496 e. The molecule has 35 heavy (non-hydrogen) atoms. The topological polar surface area (TPSA) is 73.9 Å². The highest BCUT2D eigenvalue weighted by Gasteiger charge is 2.41. The highest BCUT2D eigenvalue weighted by molar-refractivity contribution is 9.10. The summed E-state index contributed by atoms with van der Waals surface area (Å²) in [5, 5.41) is 4.02. The molecule has 0 unspecified atom stereocenters. The molecule has 0 radical (unpaired) electrons. The van der Waals surface area contributed by atoms with Crippen molar-refractivity contribution >= 4 is 39.3 Å². The van der Waals surface area contributed by atoms with Crippen LogP contribution in [0.3, 0.4) is 0 Å².